The Labute approximate surface area is 152 Å². The first kappa shape index (κ1) is 16.9. The second-order valence-corrected chi connectivity index (χ2v) is 6.54. The third-order valence-corrected chi connectivity index (χ3v) is 4.83. The summed E-state index contributed by atoms with van der Waals surface area (Å²) in [5, 5.41) is 3.24. The van der Waals surface area contributed by atoms with Gasteiger partial charge >= 0.3 is 0 Å². The lowest BCUT2D eigenvalue weighted by Crippen LogP contribution is -2.47. The van der Waals surface area contributed by atoms with E-state index in [1.54, 1.807) is 30.7 Å². The molecule has 4 rings (SSSR count). The normalized spacial score (nSPS) is 18.8. The van der Waals surface area contributed by atoms with Crippen molar-refractivity contribution in [2.75, 3.05) is 31.6 Å². The molecule has 26 heavy (non-hydrogen) atoms. The molecule has 2 fully saturated rings. The second-order valence-electron chi connectivity index (χ2n) is 6.54. The molecule has 2 aliphatic rings. The molecule has 136 valence electrons. The van der Waals surface area contributed by atoms with Crippen molar-refractivity contribution in [1.29, 1.82) is 0 Å². The topological polar surface area (TPSA) is 76.6 Å². The number of amides is 1. The maximum atomic E-state index is 12.8. The first-order chi connectivity index (χ1) is 12.7. The van der Waals surface area contributed by atoms with E-state index in [-0.39, 0.29) is 5.91 Å². The average molecular weight is 354 g/mol. The quantitative estimate of drug-likeness (QED) is 0.906. The smallest absolute Gasteiger partial charge is 0.254 e. The van der Waals surface area contributed by atoms with Crippen LogP contribution in [0, 0.1) is 0 Å². The van der Waals surface area contributed by atoms with Crippen molar-refractivity contribution in [3.63, 3.8) is 0 Å². The molecular weight excluding hydrogens is 332 g/mol. The number of nitrogens with one attached hydrogen (secondary N) is 1. The molecule has 1 spiro atoms. The number of aromatic nitrogens is 2. The molecule has 1 amide bonds. The Morgan fingerprint density at radius 1 is 1.19 bits per heavy atom. The molecule has 0 saturated carbocycles. The van der Waals surface area contributed by atoms with Gasteiger partial charge in [0.25, 0.3) is 5.91 Å². The highest BCUT2D eigenvalue weighted by molar-refractivity contribution is 5.94. The van der Waals surface area contributed by atoms with Gasteiger partial charge in [-0.15, -0.1) is 0 Å². The van der Waals surface area contributed by atoms with Gasteiger partial charge < -0.3 is 19.7 Å². The van der Waals surface area contributed by atoms with Crippen LogP contribution in [0.3, 0.4) is 0 Å². The standard InChI is InChI=1S/C19H22N4O3/c24-18(23-8-4-19(5-9-23)25-10-11-26-19)16-3-7-21-17(12-16)22-14-15-2-1-6-20-13-15/h1-3,6-7,12-13H,4-5,8-11,14H2,(H,21,22). The van der Waals surface area contributed by atoms with Gasteiger partial charge in [-0.25, -0.2) is 4.98 Å². The zero-order chi connectivity index (χ0) is 17.8. The molecule has 0 radical (unpaired) electrons. The van der Waals surface area contributed by atoms with Gasteiger partial charge in [-0.05, 0) is 23.8 Å². The minimum Gasteiger partial charge on any atom is -0.366 e. The highest BCUT2D eigenvalue weighted by Gasteiger charge is 2.40. The van der Waals surface area contributed by atoms with Gasteiger partial charge in [0, 0.05) is 56.6 Å². The Morgan fingerprint density at radius 3 is 2.73 bits per heavy atom. The number of hydrogen-bond acceptors (Lipinski definition) is 6. The minimum atomic E-state index is -0.467. The average Bonchev–Trinajstić information content (AvgIpc) is 3.15. The van der Waals surface area contributed by atoms with Crippen molar-refractivity contribution < 1.29 is 14.3 Å². The highest BCUT2D eigenvalue weighted by atomic mass is 16.7. The van der Waals surface area contributed by atoms with Gasteiger partial charge in [0.15, 0.2) is 5.79 Å². The predicted octanol–water partition coefficient (Wildman–Crippen LogP) is 2.07. The minimum absolute atomic E-state index is 0.0182. The van der Waals surface area contributed by atoms with Gasteiger partial charge in [-0.2, -0.15) is 0 Å². The summed E-state index contributed by atoms with van der Waals surface area (Å²) in [7, 11) is 0. The Kier molecular flexibility index (Phi) is 4.81. The summed E-state index contributed by atoms with van der Waals surface area (Å²) in [4.78, 5) is 23.1. The van der Waals surface area contributed by atoms with E-state index in [1.165, 1.54) is 0 Å². The van der Waals surface area contributed by atoms with Crippen molar-refractivity contribution in [3.8, 4) is 0 Å². The van der Waals surface area contributed by atoms with Gasteiger partial charge in [0.1, 0.15) is 5.82 Å². The Morgan fingerprint density at radius 2 is 2.00 bits per heavy atom. The van der Waals surface area contributed by atoms with Crippen LogP contribution in [-0.2, 0) is 16.0 Å². The number of pyridine rings is 2. The number of anilines is 1. The summed E-state index contributed by atoms with van der Waals surface area (Å²) in [5.74, 6) is 0.228. The van der Waals surface area contributed by atoms with Crippen LogP contribution in [0.4, 0.5) is 5.82 Å². The van der Waals surface area contributed by atoms with Crippen LogP contribution < -0.4 is 5.32 Å². The van der Waals surface area contributed by atoms with E-state index in [1.807, 2.05) is 17.0 Å². The van der Waals surface area contributed by atoms with Crippen molar-refractivity contribution in [1.82, 2.24) is 14.9 Å². The molecule has 1 N–H and O–H groups in total. The number of nitrogens with zero attached hydrogens (tertiary/aromatic N) is 3. The Hall–Kier alpha value is -2.51. The Bertz CT molecular complexity index is 752. The fourth-order valence-corrected chi connectivity index (χ4v) is 3.37. The third kappa shape index (κ3) is 3.68. The van der Waals surface area contributed by atoms with E-state index in [4.69, 9.17) is 9.47 Å². The van der Waals surface area contributed by atoms with Crippen LogP contribution in [0.2, 0.25) is 0 Å². The van der Waals surface area contributed by atoms with Crippen molar-refractivity contribution in [3.05, 3.63) is 54.0 Å². The molecule has 7 nitrogen and oxygen atoms in total. The SMILES string of the molecule is O=C(c1ccnc(NCc2cccnc2)c1)N1CCC2(CC1)OCCO2. The maximum Gasteiger partial charge on any atom is 0.254 e. The lowest BCUT2D eigenvalue weighted by atomic mass is 10.0. The number of carbonyl (C=O) groups excluding carboxylic acids is 1. The molecule has 0 bridgehead atoms. The predicted molar refractivity (Wildman–Crippen MR) is 95.6 cm³/mol. The van der Waals surface area contributed by atoms with Crippen LogP contribution in [0.15, 0.2) is 42.9 Å². The molecule has 0 unspecified atom stereocenters. The number of rotatable bonds is 4. The van der Waals surface area contributed by atoms with Crippen LogP contribution in [0.5, 0.6) is 0 Å². The molecule has 0 aliphatic carbocycles. The van der Waals surface area contributed by atoms with Crippen molar-refractivity contribution in [2.24, 2.45) is 0 Å². The number of likely N-dealkylation sites (tertiary alicyclic amines) is 1. The Balaban J connectivity index is 1.37. The summed E-state index contributed by atoms with van der Waals surface area (Å²) in [5.41, 5.74) is 1.70. The molecule has 4 heterocycles. The van der Waals surface area contributed by atoms with Crippen LogP contribution in [0.1, 0.15) is 28.8 Å². The summed E-state index contributed by atoms with van der Waals surface area (Å²) in [6.07, 6.45) is 6.64. The monoisotopic (exact) mass is 354 g/mol. The molecule has 2 aromatic heterocycles. The van der Waals surface area contributed by atoms with Crippen LogP contribution >= 0.6 is 0 Å². The van der Waals surface area contributed by atoms with E-state index in [2.05, 4.69) is 15.3 Å². The second kappa shape index (κ2) is 7.39. The zero-order valence-electron chi connectivity index (χ0n) is 14.6. The molecule has 7 heteroatoms. The largest absolute Gasteiger partial charge is 0.366 e. The van der Waals surface area contributed by atoms with Gasteiger partial charge in [-0.1, -0.05) is 6.07 Å². The molecule has 2 aromatic rings. The zero-order valence-corrected chi connectivity index (χ0v) is 14.6. The fourth-order valence-electron chi connectivity index (χ4n) is 3.37. The first-order valence-electron chi connectivity index (χ1n) is 8.90. The summed E-state index contributed by atoms with van der Waals surface area (Å²) < 4.78 is 11.4. The number of piperidine rings is 1. The molecule has 0 aromatic carbocycles. The van der Waals surface area contributed by atoms with E-state index < -0.39 is 5.79 Å². The van der Waals surface area contributed by atoms with Crippen molar-refractivity contribution in [2.45, 2.75) is 25.2 Å². The molecule has 2 saturated heterocycles. The van der Waals surface area contributed by atoms with Crippen molar-refractivity contribution >= 4 is 11.7 Å². The molecule has 0 atom stereocenters. The van der Waals surface area contributed by atoms with E-state index in [0.717, 1.165) is 18.4 Å². The molecular formula is C19H22N4O3. The van der Waals surface area contributed by atoms with Crippen LogP contribution in [-0.4, -0.2) is 52.9 Å². The fraction of sp³-hybridized carbons (Fsp3) is 0.421. The molecule has 2 aliphatic heterocycles. The summed E-state index contributed by atoms with van der Waals surface area (Å²) >= 11 is 0. The lowest BCUT2D eigenvalue weighted by molar-refractivity contribution is -0.181. The lowest BCUT2D eigenvalue weighted by Gasteiger charge is -2.37. The summed E-state index contributed by atoms with van der Waals surface area (Å²) in [6, 6.07) is 7.44. The van der Waals surface area contributed by atoms with E-state index >= 15 is 0 Å². The van der Waals surface area contributed by atoms with Gasteiger partial charge in [-0.3, -0.25) is 9.78 Å². The first-order valence-corrected chi connectivity index (χ1v) is 8.90. The number of ether oxygens (including phenoxy) is 2. The van der Waals surface area contributed by atoms with Gasteiger partial charge in [0.2, 0.25) is 0 Å². The number of carbonyl (C=O) groups is 1. The van der Waals surface area contributed by atoms with E-state index in [9.17, 15) is 4.79 Å². The van der Waals surface area contributed by atoms with E-state index in [0.29, 0.717) is 44.2 Å². The maximum absolute atomic E-state index is 12.8. The van der Waals surface area contributed by atoms with Crippen LogP contribution in [0.25, 0.3) is 0 Å². The van der Waals surface area contributed by atoms with Gasteiger partial charge in [0.05, 0.1) is 13.2 Å². The summed E-state index contributed by atoms with van der Waals surface area (Å²) in [6.45, 7) is 3.17. The third-order valence-electron chi connectivity index (χ3n) is 4.83. The number of hydrogen-bond donors (Lipinski definition) is 1. The highest BCUT2D eigenvalue weighted by Crippen LogP contribution is 2.31.